The van der Waals surface area contributed by atoms with Crippen molar-refractivity contribution in [3.8, 4) is 17.2 Å². The first-order chi connectivity index (χ1) is 11.9. The minimum absolute atomic E-state index is 0.845. The number of ether oxygens (including phenoxy) is 1. The van der Waals surface area contributed by atoms with E-state index in [4.69, 9.17) is 9.72 Å². The average Bonchev–Trinajstić information content (AvgIpc) is 3.02. The van der Waals surface area contributed by atoms with Crippen LogP contribution in [0, 0.1) is 0 Å². The number of nitrogens with zero attached hydrogens (tertiary/aromatic N) is 2. The van der Waals surface area contributed by atoms with Crippen LogP contribution < -0.4 is 4.74 Å². The Bertz CT molecular complexity index is 1080. The molecular weight excluding hydrogens is 296 g/mol. The molecule has 1 aliphatic rings. The Morgan fingerprint density at radius 2 is 1.54 bits per heavy atom. The lowest BCUT2D eigenvalue weighted by molar-refractivity contribution is 0.475. The van der Waals surface area contributed by atoms with E-state index in [9.17, 15) is 0 Å². The number of fused-ring (bicyclic) bond motifs is 2. The van der Waals surface area contributed by atoms with E-state index in [-0.39, 0.29) is 0 Å². The van der Waals surface area contributed by atoms with Crippen molar-refractivity contribution in [2.45, 2.75) is 0 Å². The monoisotopic (exact) mass is 310 g/mol. The molecule has 0 aliphatic carbocycles. The summed E-state index contributed by atoms with van der Waals surface area (Å²) in [4.78, 5) is 4.79. The van der Waals surface area contributed by atoms with E-state index < -0.39 is 0 Å². The van der Waals surface area contributed by atoms with E-state index in [0.29, 0.717) is 0 Å². The maximum atomic E-state index is 6.04. The fraction of sp³-hybridized carbons (Fsp3) is 0. The van der Waals surface area contributed by atoms with Crippen LogP contribution in [0.3, 0.4) is 0 Å². The van der Waals surface area contributed by atoms with Crippen LogP contribution >= 0.6 is 0 Å². The zero-order chi connectivity index (χ0) is 15.9. The molecule has 1 aromatic heterocycles. The Morgan fingerprint density at radius 3 is 2.46 bits per heavy atom. The Labute approximate surface area is 139 Å². The lowest BCUT2D eigenvalue weighted by atomic mass is 10.2. The molecule has 0 spiro atoms. The summed E-state index contributed by atoms with van der Waals surface area (Å²) in [5.74, 6) is 2.60. The first kappa shape index (κ1) is 13.1. The van der Waals surface area contributed by atoms with Crippen LogP contribution in [-0.2, 0) is 0 Å². The van der Waals surface area contributed by atoms with Gasteiger partial charge in [0, 0.05) is 0 Å². The van der Waals surface area contributed by atoms with Gasteiger partial charge < -0.3 is 4.74 Å². The van der Waals surface area contributed by atoms with Crippen molar-refractivity contribution in [2.75, 3.05) is 0 Å². The van der Waals surface area contributed by atoms with Gasteiger partial charge in [-0.2, -0.15) is 0 Å². The molecule has 0 amide bonds. The molecular formula is C21H14N2O. The Hall–Kier alpha value is -3.33. The van der Waals surface area contributed by atoms with Gasteiger partial charge in [0.05, 0.1) is 11.2 Å². The summed E-state index contributed by atoms with van der Waals surface area (Å²) in [5.41, 5.74) is 4.13. The summed E-state index contributed by atoms with van der Waals surface area (Å²) in [6.45, 7) is 0. The molecule has 0 fully saturated rings. The van der Waals surface area contributed by atoms with E-state index in [1.54, 1.807) is 0 Å². The second-order valence-electron chi connectivity index (χ2n) is 5.74. The van der Waals surface area contributed by atoms with Crippen LogP contribution in [0.15, 0.2) is 72.8 Å². The number of rotatable bonds is 2. The van der Waals surface area contributed by atoms with Crippen molar-refractivity contribution < 1.29 is 4.74 Å². The van der Waals surface area contributed by atoms with E-state index in [0.717, 1.165) is 39.6 Å². The molecule has 0 unspecified atom stereocenters. The third kappa shape index (κ3) is 1.95. The summed E-state index contributed by atoms with van der Waals surface area (Å²) in [6, 6.07) is 24.3. The molecule has 5 rings (SSSR count). The third-order valence-electron chi connectivity index (χ3n) is 4.22. The first-order valence-electron chi connectivity index (χ1n) is 7.92. The molecule has 3 heteroatoms. The maximum Gasteiger partial charge on any atom is 0.153 e. The molecule has 0 atom stereocenters. The molecule has 114 valence electrons. The van der Waals surface area contributed by atoms with Crippen LogP contribution in [0.25, 0.3) is 28.9 Å². The normalized spacial score (nSPS) is 12.3. The van der Waals surface area contributed by atoms with Crippen molar-refractivity contribution in [3.05, 3.63) is 84.2 Å². The van der Waals surface area contributed by atoms with Gasteiger partial charge in [-0.3, -0.25) is 4.57 Å². The van der Waals surface area contributed by atoms with Crippen LogP contribution in [0.4, 0.5) is 0 Å². The van der Waals surface area contributed by atoms with Gasteiger partial charge in [-0.15, -0.1) is 0 Å². The van der Waals surface area contributed by atoms with Crippen molar-refractivity contribution in [2.24, 2.45) is 0 Å². The van der Waals surface area contributed by atoms with Gasteiger partial charge in [0.2, 0.25) is 0 Å². The molecule has 0 N–H and O–H groups in total. The summed E-state index contributed by atoms with van der Waals surface area (Å²) >= 11 is 0. The molecule has 0 saturated carbocycles. The van der Waals surface area contributed by atoms with E-state index in [2.05, 4.69) is 34.9 Å². The summed E-state index contributed by atoms with van der Waals surface area (Å²) in [7, 11) is 0. The van der Waals surface area contributed by atoms with E-state index >= 15 is 0 Å². The highest BCUT2D eigenvalue weighted by Crippen LogP contribution is 2.41. The number of hydrogen-bond acceptors (Lipinski definition) is 2. The van der Waals surface area contributed by atoms with Crippen LogP contribution in [-0.4, -0.2) is 9.55 Å². The molecule has 4 aromatic rings. The Morgan fingerprint density at radius 1 is 0.750 bits per heavy atom. The van der Waals surface area contributed by atoms with Crippen molar-refractivity contribution in [1.29, 1.82) is 0 Å². The van der Waals surface area contributed by atoms with Crippen LogP contribution in [0.5, 0.6) is 11.5 Å². The van der Waals surface area contributed by atoms with Crippen molar-refractivity contribution in [1.82, 2.24) is 9.55 Å². The predicted molar refractivity (Wildman–Crippen MR) is 96.5 cm³/mol. The average molecular weight is 310 g/mol. The Kier molecular flexibility index (Phi) is 2.79. The SMILES string of the molecule is C(=C\c1nc2cccc3c2n1-c1ccccc1O3)/c1ccccc1. The van der Waals surface area contributed by atoms with E-state index in [1.165, 1.54) is 0 Å². The molecule has 0 saturated heterocycles. The largest absolute Gasteiger partial charge is 0.453 e. The molecule has 3 aromatic carbocycles. The lowest BCUT2D eigenvalue weighted by Gasteiger charge is -2.20. The van der Waals surface area contributed by atoms with Crippen LogP contribution in [0.2, 0.25) is 0 Å². The number of hydrogen-bond donors (Lipinski definition) is 0. The highest BCUT2D eigenvalue weighted by molar-refractivity contribution is 5.89. The molecule has 2 heterocycles. The number of para-hydroxylation sites is 3. The van der Waals surface area contributed by atoms with Crippen molar-refractivity contribution in [3.63, 3.8) is 0 Å². The minimum atomic E-state index is 0.845. The predicted octanol–water partition coefficient (Wildman–Crippen LogP) is 5.30. The molecule has 0 radical (unpaired) electrons. The highest BCUT2D eigenvalue weighted by atomic mass is 16.5. The molecule has 3 nitrogen and oxygen atoms in total. The Balaban J connectivity index is 1.75. The zero-order valence-corrected chi connectivity index (χ0v) is 12.9. The second-order valence-corrected chi connectivity index (χ2v) is 5.74. The van der Waals surface area contributed by atoms with E-state index in [1.807, 2.05) is 54.6 Å². The van der Waals surface area contributed by atoms with Gasteiger partial charge in [-0.25, -0.2) is 4.98 Å². The standard InChI is InChI=1S/C21H14N2O/c1-2-7-15(8-3-1)13-14-20-22-16-9-6-12-19-21(16)23(20)17-10-4-5-11-18(17)24-19/h1-14H/b14-13+. The van der Waals surface area contributed by atoms with Gasteiger partial charge in [0.15, 0.2) is 11.5 Å². The molecule has 0 bridgehead atoms. The van der Waals surface area contributed by atoms with Gasteiger partial charge in [0.25, 0.3) is 0 Å². The zero-order valence-electron chi connectivity index (χ0n) is 12.9. The van der Waals surface area contributed by atoms with Gasteiger partial charge in [-0.1, -0.05) is 54.6 Å². The maximum absolute atomic E-state index is 6.04. The number of imidazole rings is 1. The third-order valence-corrected chi connectivity index (χ3v) is 4.22. The molecule has 24 heavy (non-hydrogen) atoms. The number of benzene rings is 3. The molecule has 1 aliphatic heterocycles. The highest BCUT2D eigenvalue weighted by Gasteiger charge is 2.22. The summed E-state index contributed by atoms with van der Waals surface area (Å²) in [6.07, 6.45) is 4.14. The fourth-order valence-electron chi connectivity index (χ4n) is 3.13. The van der Waals surface area contributed by atoms with Gasteiger partial charge >= 0.3 is 0 Å². The topological polar surface area (TPSA) is 27.1 Å². The number of aromatic nitrogens is 2. The second kappa shape index (κ2) is 5.10. The fourth-order valence-corrected chi connectivity index (χ4v) is 3.13. The minimum Gasteiger partial charge on any atom is -0.453 e. The smallest absolute Gasteiger partial charge is 0.153 e. The van der Waals surface area contributed by atoms with Crippen molar-refractivity contribution >= 4 is 23.2 Å². The van der Waals surface area contributed by atoms with Gasteiger partial charge in [0.1, 0.15) is 11.3 Å². The quantitative estimate of drug-likeness (QED) is 0.442. The summed E-state index contributed by atoms with van der Waals surface area (Å²) in [5, 5.41) is 0. The lowest BCUT2D eigenvalue weighted by Crippen LogP contribution is -2.05. The first-order valence-corrected chi connectivity index (χ1v) is 7.92. The van der Waals surface area contributed by atoms with Crippen LogP contribution in [0.1, 0.15) is 11.4 Å². The van der Waals surface area contributed by atoms with Gasteiger partial charge in [-0.05, 0) is 35.9 Å². The summed E-state index contributed by atoms with van der Waals surface area (Å²) < 4.78 is 8.21.